The first-order chi connectivity index (χ1) is 6.96. The van der Waals surface area contributed by atoms with Crippen molar-refractivity contribution in [3.05, 3.63) is 0 Å². The summed E-state index contributed by atoms with van der Waals surface area (Å²) in [5, 5.41) is 0. The average molecular weight is 213 g/mol. The van der Waals surface area contributed by atoms with Crippen LogP contribution >= 0.6 is 0 Å². The molecule has 2 heterocycles. The van der Waals surface area contributed by atoms with Crippen molar-refractivity contribution in [2.75, 3.05) is 6.54 Å². The van der Waals surface area contributed by atoms with Crippen LogP contribution in [-0.2, 0) is 4.74 Å². The van der Waals surface area contributed by atoms with Gasteiger partial charge in [0.1, 0.15) is 5.60 Å². The topological polar surface area (TPSA) is 29.5 Å². The van der Waals surface area contributed by atoms with Gasteiger partial charge >= 0.3 is 6.09 Å². The lowest BCUT2D eigenvalue weighted by atomic mass is 9.86. The Kier molecular flexibility index (Phi) is 3.63. The Morgan fingerprint density at radius 2 is 1.80 bits per heavy atom. The van der Waals surface area contributed by atoms with Gasteiger partial charge < -0.3 is 9.64 Å². The molecular weight excluding hydrogens is 190 g/mol. The van der Waals surface area contributed by atoms with Gasteiger partial charge in [0.15, 0.2) is 0 Å². The maximum atomic E-state index is 11.6. The SMILES string of the molecule is CC.CC(C)(C)OC(=O)N1CC2CC1C2. The molecule has 3 aliphatic rings. The predicted octanol–water partition coefficient (Wildman–Crippen LogP) is 3.04. The fraction of sp³-hybridized carbons (Fsp3) is 0.917. The summed E-state index contributed by atoms with van der Waals surface area (Å²) in [6, 6.07) is 0.486. The van der Waals surface area contributed by atoms with Gasteiger partial charge in [-0.15, -0.1) is 0 Å². The van der Waals surface area contributed by atoms with Crippen LogP contribution in [0, 0.1) is 5.92 Å². The summed E-state index contributed by atoms with van der Waals surface area (Å²) in [5.74, 6) is 0.762. The molecule has 0 aromatic rings. The van der Waals surface area contributed by atoms with Gasteiger partial charge in [-0.05, 0) is 39.5 Å². The van der Waals surface area contributed by atoms with Gasteiger partial charge in [0, 0.05) is 12.6 Å². The fourth-order valence-corrected chi connectivity index (χ4v) is 2.08. The third-order valence-corrected chi connectivity index (χ3v) is 2.73. The molecule has 0 aromatic carbocycles. The predicted molar refractivity (Wildman–Crippen MR) is 60.8 cm³/mol. The monoisotopic (exact) mass is 213 g/mol. The number of amides is 1. The van der Waals surface area contributed by atoms with E-state index in [2.05, 4.69) is 0 Å². The molecule has 1 aliphatic carbocycles. The van der Waals surface area contributed by atoms with E-state index in [1.54, 1.807) is 0 Å². The summed E-state index contributed by atoms with van der Waals surface area (Å²) in [7, 11) is 0. The van der Waals surface area contributed by atoms with Crippen molar-refractivity contribution in [2.24, 2.45) is 5.92 Å². The molecule has 2 bridgehead atoms. The van der Waals surface area contributed by atoms with E-state index in [0.717, 1.165) is 12.5 Å². The van der Waals surface area contributed by atoms with Crippen molar-refractivity contribution in [1.29, 1.82) is 0 Å². The first kappa shape index (κ1) is 12.3. The van der Waals surface area contributed by atoms with Crippen LogP contribution in [0.1, 0.15) is 47.5 Å². The summed E-state index contributed by atoms with van der Waals surface area (Å²) >= 11 is 0. The van der Waals surface area contributed by atoms with E-state index < -0.39 is 0 Å². The lowest BCUT2D eigenvalue weighted by molar-refractivity contribution is 0.0246. The molecule has 0 N–H and O–H groups in total. The minimum atomic E-state index is -0.357. The minimum Gasteiger partial charge on any atom is -0.444 e. The zero-order chi connectivity index (χ0) is 11.6. The van der Waals surface area contributed by atoms with Gasteiger partial charge in [-0.25, -0.2) is 4.79 Å². The molecule has 1 amide bonds. The number of hydrogen-bond donors (Lipinski definition) is 0. The summed E-state index contributed by atoms with van der Waals surface area (Å²) in [4.78, 5) is 13.5. The molecule has 0 aromatic heterocycles. The van der Waals surface area contributed by atoms with Crippen LogP contribution < -0.4 is 0 Å². The second-order valence-corrected chi connectivity index (χ2v) is 5.12. The zero-order valence-electron chi connectivity index (χ0n) is 10.5. The van der Waals surface area contributed by atoms with Crippen molar-refractivity contribution in [1.82, 2.24) is 4.90 Å². The van der Waals surface area contributed by atoms with Gasteiger partial charge in [0.25, 0.3) is 0 Å². The highest BCUT2D eigenvalue weighted by atomic mass is 16.6. The number of carbonyl (C=O) groups excluding carboxylic acids is 1. The Labute approximate surface area is 92.8 Å². The van der Waals surface area contributed by atoms with E-state index in [1.807, 2.05) is 39.5 Å². The molecule has 1 saturated carbocycles. The Morgan fingerprint density at radius 1 is 1.27 bits per heavy atom. The second-order valence-electron chi connectivity index (χ2n) is 5.12. The molecule has 0 radical (unpaired) electrons. The van der Waals surface area contributed by atoms with Crippen LogP contribution in [0.15, 0.2) is 0 Å². The second kappa shape index (κ2) is 4.42. The molecule has 3 fully saturated rings. The number of carbonyl (C=O) groups is 1. The van der Waals surface area contributed by atoms with Gasteiger partial charge in [-0.3, -0.25) is 0 Å². The number of fused-ring (bicyclic) bond motifs is 1. The van der Waals surface area contributed by atoms with E-state index in [9.17, 15) is 4.79 Å². The van der Waals surface area contributed by atoms with E-state index >= 15 is 0 Å². The van der Waals surface area contributed by atoms with Crippen molar-refractivity contribution in [3.63, 3.8) is 0 Å². The summed E-state index contributed by atoms with van der Waals surface area (Å²) in [5.41, 5.74) is -0.357. The van der Waals surface area contributed by atoms with E-state index in [0.29, 0.717) is 6.04 Å². The largest absolute Gasteiger partial charge is 0.444 e. The molecular formula is C12H23NO2. The normalized spacial score (nSPS) is 27.7. The summed E-state index contributed by atoms with van der Waals surface area (Å²) < 4.78 is 5.31. The van der Waals surface area contributed by atoms with E-state index in [-0.39, 0.29) is 11.7 Å². The molecule has 15 heavy (non-hydrogen) atoms. The van der Waals surface area contributed by atoms with Crippen molar-refractivity contribution in [3.8, 4) is 0 Å². The van der Waals surface area contributed by atoms with E-state index in [1.165, 1.54) is 12.8 Å². The van der Waals surface area contributed by atoms with Crippen LogP contribution in [0.4, 0.5) is 4.79 Å². The Bertz CT molecular complexity index is 226. The van der Waals surface area contributed by atoms with Crippen LogP contribution in [-0.4, -0.2) is 29.2 Å². The number of hydrogen-bond acceptors (Lipinski definition) is 2. The minimum absolute atomic E-state index is 0.127. The lowest BCUT2D eigenvalue weighted by Crippen LogP contribution is -2.38. The maximum absolute atomic E-state index is 11.6. The summed E-state index contributed by atoms with van der Waals surface area (Å²) in [6.07, 6.45) is 2.26. The van der Waals surface area contributed by atoms with Crippen LogP contribution in [0.25, 0.3) is 0 Å². The van der Waals surface area contributed by atoms with Crippen LogP contribution in [0.5, 0.6) is 0 Å². The quantitative estimate of drug-likeness (QED) is 0.619. The molecule has 88 valence electrons. The third kappa shape index (κ3) is 2.86. The third-order valence-electron chi connectivity index (χ3n) is 2.73. The highest BCUT2D eigenvalue weighted by Crippen LogP contribution is 2.41. The summed E-state index contributed by atoms with van der Waals surface area (Å²) in [6.45, 7) is 10.6. The highest BCUT2D eigenvalue weighted by Gasteiger charge is 2.46. The van der Waals surface area contributed by atoms with E-state index in [4.69, 9.17) is 4.74 Å². The number of rotatable bonds is 0. The van der Waals surface area contributed by atoms with Crippen LogP contribution in [0.3, 0.4) is 0 Å². The molecule has 2 saturated heterocycles. The molecule has 0 unspecified atom stereocenters. The van der Waals surface area contributed by atoms with Gasteiger partial charge in [-0.2, -0.15) is 0 Å². The maximum Gasteiger partial charge on any atom is 0.410 e. The fourth-order valence-electron chi connectivity index (χ4n) is 2.08. The molecule has 3 heteroatoms. The van der Waals surface area contributed by atoms with Crippen molar-refractivity contribution in [2.45, 2.75) is 59.1 Å². The molecule has 2 aliphatic heterocycles. The first-order valence-corrected chi connectivity index (χ1v) is 5.95. The average Bonchev–Trinajstić information content (AvgIpc) is 2.60. The molecule has 0 spiro atoms. The number of nitrogens with zero attached hydrogens (tertiary/aromatic N) is 1. The zero-order valence-corrected chi connectivity index (χ0v) is 10.5. The molecule has 3 nitrogen and oxygen atoms in total. The van der Waals surface area contributed by atoms with Crippen molar-refractivity contribution < 1.29 is 9.53 Å². The highest BCUT2D eigenvalue weighted by molar-refractivity contribution is 5.69. The number of ether oxygens (including phenoxy) is 1. The van der Waals surface area contributed by atoms with Crippen molar-refractivity contribution >= 4 is 6.09 Å². The molecule has 0 atom stereocenters. The van der Waals surface area contributed by atoms with Crippen LogP contribution in [0.2, 0.25) is 0 Å². The first-order valence-electron chi connectivity index (χ1n) is 5.95. The Balaban J connectivity index is 0.000000531. The van der Waals surface area contributed by atoms with Gasteiger partial charge in [0.2, 0.25) is 0 Å². The van der Waals surface area contributed by atoms with Gasteiger partial charge in [-0.1, -0.05) is 13.8 Å². The smallest absolute Gasteiger partial charge is 0.410 e. The standard InChI is InChI=1S/C10H17NO2.C2H6/c1-10(2,3)13-9(12)11-6-7-4-8(11)5-7;1-2/h7-8H,4-6H2,1-3H3;1-2H3. The Morgan fingerprint density at radius 3 is 2.13 bits per heavy atom. The molecule has 3 rings (SSSR count). The lowest BCUT2D eigenvalue weighted by Gasteiger charge is -2.28. The van der Waals surface area contributed by atoms with Gasteiger partial charge in [0.05, 0.1) is 0 Å². The Hall–Kier alpha value is -0.730.